The lowest BCUT2D eigenvalue weighted by atomic mass is 10.1. The number of aliphatic carboxylic acids is 1. The van der Waals surface area contributed by atoms with Crippen molar-refractivity contribution >= 4 is 5.97 Å². The molecular weight excluding hydrogens is 429 g/mol. The van der Waals surface area contributed by atoms with Crippen LogP contribution in [0.15, 0.2) is 48.8 Å². The van der Waals surface area contributed by atoms with Gasteiger partial charge in [-0.3, -0.25) is 4.98 Å². The molecule has 3 heterocycles. The summed E-state index contributed by atoms with van der Waals surface area (Å²) >= 11 is 0. The van der Waals surface area contributed by atoms with Crippen LogP contribution in [0.4, 0.5) is 13.2 Å². The number of carboxylic acids is 1. The Morgan fingerprint density at radius 1 is 1.16 bits per heavy atom. The number of nitrogens with one attached hydrogen (secondary N) is 1. The number of para-hydroxylation sites is 1. The maximum atomic E-state index is 10.6. The molecule has 0 saturated carbocycles. The number of carboxylic acid groups (broad SMARTS) is 1. The average Bonchev–Trinajstić information content (AvgIpc) is 3.20. The minimum absolute atomic E-state index is 0.579. The molecule has 0 fully saturated rings. The van der Waals surface area contributed by atoms with Crippen LogP contribution in [0.1, 0.15) is 17.0 Å². The summed E-state index contributed by atoms with van der Waals surface area (Å²) in [7, 11) is 0. The lowest BCUT2D eigenvalue weighted by molar-refractivity contribution is -0.192. The van der Waals surface area contributed by atoms with Crippen LogP contribution in [-0.2, 0) is 17.9 Å². The fraction of sp³-hybridized carbons (Fsp3) is 0.286. The number of fused-ring (bicyclic) bond motifs is 1. The summed E-state index contributed by atoms with van der Waals surface area (Å²) in [6, 6.07) is 12.2. The van der Waals surface area contributed by atoms with E-state index in [1.807, 2.05) is 42.1 Å². The predicted molar refractivity (Wildman–Crippen MR) is 108 cm³/mol. The molecule has 1 aliphatic heterocycles. The second kappa shape index (κ2) is 10.1. The van der Waals surface area contributed by atoms with Crippen LogP contribution in [0.25, 0.3) is 5.69 Å². The van der Waals surface area contributed by atoms with Crippen LogP contribution in [0, 0.1) is 6.92 Å². The van der Waals surface area contributed by atoms with Gasteiger partial charge in [-0.25, -0.2) is 9.48 Å². The summed E-state index contributed by atoms with van der Waals surface area (Å²) in [4.78, 5) is 13.3. The molecule has 170 valence electrons. The van der Waals surface area contributed by atoms with Crippen molar-refractivity contribution in [1.29, 1.82) is 0 Å². The van der Waals surface area contributed by atoms with Crippen LogP contribution in [0.2, 0.25) is 0 Å². The first-order chi connectivity index (χ1) is 15.2. The number of pyridine rings is 1. The molecule has 1 aliphatic rings. The summed E-state index contributed by atoms with van der Waals surface area (Å²) in [6.07, 6.45) is -1.37. The van der Waals surface area contributed by atoms with Crippen molar-refractivity contribution in [3.05, 3.63) is 65.7 Å². The van der Waals surface area contributed by atoms with E-state index in [1.165, 1.54) is 5.56 Å². The number of benzene rings is 1. The molecule has 32 heavy (non-hydrogen) atoms. The number of aromatic nitrogens is 3. The second-order valence-corrected chi connectivity index (χ2v) is 6.76. The van der Waals surface area contributed by atoms with E-state index < -0.39 is 12.1 Å². The first-order valence-corrected chi connectivity index (χ1v) is 9.60. The minimum atomic E-state index is -5.08. The number of rotatable bonds is 5. The first-order valence-electron chi connectivity index (χ1n) is 9.60. The van der Waals surface area contributed by atoms with E-state index in [0.717, 1.165) is 35.1 Å². The number of hydrogen-bond acceptors (Lipinski definition) is 6. The zero-order chi connectivity index (χ0) is 23.1. The number of alkyl halides is 3. The van der Waals surface area contributed by atoms with Crippen molar-refractivity contribution in [3.63, 3.8) is 0 Å². The van der Waals surface area contributed by atoms with Gasteiger partial charge in [0.1, 0.15) is 13.2 Å². The molecule has 0 aliphatic carbocycles. The summed E-state index contributed by atoms with van der Waals surface area (Å²) in [5, 5.41) is 15.1. The monoisotopic (exact) mass is 450 g/mol. The molecule has 4 rings (SSSR count). The van der Waals surface area contributed by atoms with Gasteiger partial charge in [-0.1, -0.05) is 18.2 Å². The first kappa shape index (κ1) is 23.1. The largest absolute Gasteiger partial charge is 0.490 e. The van der Waals surface area contributed by atoms with Gasteiger partial charge in [0.2, 0.25) is 0 Å². The van der Waals surface area contributed by atoms with E-state index in [1.54, 1.807) is 6.20 Å². The molecule has 1 aromatic carbocycles. The van der Waals surface area contributed by atoms with Gasteiger partial charge in [0, 0.05) is 25.4 Å². The third kappa shape index (κ3) is 6.20. The zero-order valence-electron chi connectivity index (χ0n) is 17.1. The molecule has 0 saturated heterocycles. The lowest BCUT2D eigenvalue weighted by Crippen LogP contribution is -2.21. The van der Waals surface area contributed by atoms with Crippen LogP contribution < -0.4 is 14.8 Å². The van der Waals surface area contributed by atoms with E-state index in [-0.39, 0.29) is 0 Å². The zero-order valence-corrected chi connectivity index (χ0v) is 17.1. The van der Waals surface area contributed by atoms with Gasteiger partial charge < -0.3 is 19.9 Å². The summed E-state index contributed by atoms with van der Waals surface area (Å²) < 4.78 is 44.8. The van der Waals surface area contributed by atoms with Gasteiger partial charge in [0.25, 0.3) is 0 Å². The number of aryl methyl sites for hydroxylation is 1. The number of ether oxygens (including phenoxy) is 2. The maximum absolute atomic E-state index is 10.6. The van der Waals surface area contributed by atoms with Crippen molar-refractivity contribution < 1.29 is 32.5 Å². The number of hydrogen-bond donors (Lipinski definition) is 2. The lowest BCUT2D eigenvalue weighted by Gasteiger charge is -2.18. The SMILES string of the molecule is Cc1ccn(-c2ccccc2CNCc2cc3c(cn2)OCCO3)n1.O=C(O)C(F)(F)F. The van der Waals surface area contributed by atoms with Gasteiger partial charge >= 0.3 is 12.1 Å². The van der Waals surface area contributed by atoms with Crippen LogP contribution in [0.5, 0.6) is 11.5 Å². The fourth-order valence-electron chi connectivity index (χ4n) is 2.84. The Hall–Kier alpha value is -3.60. The summed E-state index contributed by atoms with van der Waals surface area (Å²) in [5.41, 5.74) is 4.20. The molecule has 11 heteroatoms. The van der Waals surface area contributed by atoms with E-state index in [0.29, 0.717) is 19.8 Å². The topological polar surface area (TPSA) is 98.5 Å². The average molecular weight is 450 g/mol. The Bertz CT molecular complexity index is 1070. The highest BCUT2D eigenvalue weighted by atomic mass is 19.4. The summed E-state index contributed by atoms with van der Waals surface area (Å²) in [6.45, 7) is 4.54. The molecule has 0 bridgehead atoms. The molecular formula is C21H21F3N4O4. The second-order valence-electron chi connectivity index (χ2n) is 6.76. The Morgan fingerprint density at radius 3 is 2.50 bits per heavy atom. The van der Waals surface area contributed by atoms with E-state index >= 15 is 0 Å². The third-order valence-corrected chi connectivity index (χ3v) is 4.31. The highest BCUT2D eigenvalue weighted by Crippen LogP contribution is 2.29. The van der Waals surface area contributed by atoms with E-state index in [4.69, 9.17) is 19.4 Å². The molecule has 0 radical (unpaired) electrons. The Morgan fingerprint density at radius 2 is 1.84 bits per heavy atom. The third-order valence-electron chi connectivity index (χ3n) is 4.31. The number of nitrogens with zero attached hydrogens (tertiary/aromatic N) is 3. The Balaban J connectivity index is 0.000000360. The Kier molecular flexibility index (Phi) is 7.31. The smallest absolute Gasteiger partial charge is 0.486 e. The minimum Gasteiger partial charge on any atom is -0.486 e. The molecule has 0 unspecified atom stereocenters. The van der Waals surface area contributed by atoms with Gasteiger partial charge in [-0.15, -0.1) is 0 Å². The van der Waals surface area contributed by atoms with Crippen molar-refractivity contribution in [2.75, 3.05) is 13.2 Å². The summed E-state index contributed by atoms with van der Waals surface area (Å²) in [5.74, 6) is -1.27. The van der Waals surface area contributed by atoms with Crippen LogP contribution in [-0.4, -0.2) is 45.2 Å². The standard InChI is InChI=1S/C19H20N4O2.C2HF3O2/c1-14-6-7-23(22-14)17-5-3-2-4-15(17)11-20-12-16-10-18-19(13-21-16)25-9-8-24-18;3-2(4,5)1(6)7/h2-7,10,13,20H,8-9,11-12H2,1H3;(H,6,7). The highest BCUT2D eigenvalue weighted by Gasteiger charge is 2.38. The molecule has 2 N–H and O–H groups in total. The molecule has 0 atom stereocenters. The van der Waals surface area contributed by atoms with E-state index in [2.05, 4.69) is 27.5 Å². The van der Waals surface area contributed by atoms with Gasteiger partial charge in [0.05, 0.1) is 23.3 Å². The van der Waals surface area contributed by atoms with Crippen LogP contribution in [0.3, 0.4) is 0 Å². The quantitative estimate of drug-likeness (QED) is 0.616. The van der Waals surface area contributed by atoms with Gasteiger partial charge in [-0.05, 0) is 24.6 Å². The van der Waals surface area contributed by atoms with Crippen molar-refractivity contribution in [1.82, 2.24) is 20.1 Å². The molecule has 2 aromatic heterocycles. The van der Waals surface area contributed by atoms with Gasteiger partial charge in [-0.2, -0.15) is 18.3 Å². The Labute approximate surface area is 181 Å². The van der Waals surface area contributed by atoms with E-state index in [9.17, 15) is 13.2 Å². The molecule has 0 spiro atoms. The van der Waals surface area contributed by atoms with Gasteiger partial charge in [0.15, 0.2) is 11.5 Å². The van der Waals surface area contributed by atoms with Crippen LogP contribution >= 0.6 is 0 Å². The fourth-order valence-corrected chi connectivity index (χ4v) is 2.84. The van der Waals surface area contributed by atoms with Crippen molar-refractivity contribution in [2.45, 2.75) is 26.2 Å². The predicted octanol–water partition coefficient (Wildman–Crippen LogP) is 3.27. The van der Waals surface area contributed by atoms with Crippen molar-refractivity contribution in [3.8, 4) is 17.2 Å². The van der Waals surface area contributed by atoms with Crippen molar-refractivity contribution in [2.24, 2.45) is 0 Å². The molecule has 3 aromatic rings. The molecule has 8 nitrogen and oxygen atoms in total. The highest BCUT2D eigenvalue weighted by molar-refractivity contribution is 5.73. The number of halogens is 3. The number of carbonyl (C=O) groups is 1. The normalized spacial score (nSPS) is 12.6. The maximum Gasteiger partial charge on any atom is 0.490 e. The molecule has 0 amide bonds.